The van der Waals surface area contributed by atoms with E-state index in [9.17, 15) is 0 Å². The highest BCUT2D eigenvalue weighted by Crippen LogP contribution is 2.27. The molecule has 1 aliphatic heterocycles. The molecule has 82 valence electrons. The topological polar surface area (TPSA) is 32.5 Å². The molecule has 2 fully saturated rings. The molecular formula is C11H23N3. The number of rotatable bonds is 4. The molecule has 0 aromatic heterocycles. The summed E-state index contributed by atoms with van der Waals surface area (Å²) in [5.41, 5.74) is 5.58. The van der Waals surface area contributed by atoms with Crippen molar-refractivity contribution in [1.82, 2.24) is 9.80 Å². The van der Waals surface area contributed by atoms with Gasteiger partial charge < -0.3 is 5.73 Å². The van der Waals surface area contributed by atoms with Crippen LogP contribution in [0.3, 0.4) is 0 Å². The lowest BCUT2D eigenvalue weighted by atomic mass is 10.1. The summed E-state index contributed by atoms with van der Waals surface area (Å²) in [6.07, 6.45) is 4.03. The standard InChI is InChI=1S/C11H23N3/c1-10(4-5-12)13-6-8-14(9-7-13)11-2-3-11/h10-11H,2-9,12H2,1H3. The van der Waals surface area contributed by atoms with Crippen molar-refractivity contribution in [3.8, 4) is 0 Å². The van der Waals surface area contributed by atoms with Gasteiger partial charge >= 0.3 is 0 Å². The summed E-state index contributed by atoms with van der Waals surface area (Å²) in [5.74, 6) is 0. The number of piperazine rings is 1. The summed E-state index contributed by atoms with van der Waals surface area (Å²) >= 11 is 0. The molecule has 1 heterocycles. The Morgan fingerprint density at radius 3 is 2.36 bits per heavy atom. The van der Waals surface area contributed by atoms with Gasteiger partial charge in [-0.15, -0.1) is 0 Å². The van der Waals surface area contributed by atoms with Crippen LogP contribution in [-0.4, -0.2) is 54.6 Å². The second-order valence-electron chi connectivity index (χ2n) is 4.73. The molecule has 2 rings (SSSR count). The van der Waals surface area contributed by atoms with Crippen LogP contribution >= 0.6 is 0 Å². The lowest BCUT2D eigenvalue weighted by molar-refractivity contribution is 0.0951. The van der Waals surface area contributed by atoms with Crippen molar-refractivity contribution in [3.63, 3.8) is 0 Å². The summed E-state index contributed by atoms with van der Waals surface area (Å²) < 4.78 is 0. The Balaban J connectivity index is 1.71. The van der Waals surface area contributed by atoms with Crippen LogP contribution in [-0.2, 0) is 0 Å². The molecule has 3 heteroatoms. The van der Waals surface area contributed by atoms with E-state index in [4.69, 9.17) is 5.73 Å². The predicted molar refractivity (Wildman–Crippen MR) is 59.3 cm³/mol. The minimum atomic E-state index is 0.682. The zero-order valence-electron chi connectivity index (χ0n) is 9.28. The maximum absolute atomic E-state index is 5.58. The van der Waals surface area contributed by atoms with Crippen molar-refractivity contribution >= 4 is 0 Å². The van der Waals surface area contributed by atoms with Crippen LogP contribution in [0.25, 0.3) is 0 Å². The van der Waals surface area contributed by atoms with Crippen LogP contribution in [0.2, 0.25) is 0 Å². The van der Waals surface area contributed by atoms with Crippen LogP contribution in [0.4, 0.5) is 0 Å². The molecule has 1 atom stereocenters. The van der Waals surface area contributed by atoms with E-state index in [-0.39, 0.29) is 0 Å². The zero-order chi connectivity index (χ0) is 9.97. The summed E-state index contributed by atoms with van der Waals surface area (Å²) in [4.78, 5) is 5.25. The Morgan fingerprint density at radius 1 is 1.21 bits per heavy atom. The number of hydrogen-bond donors (Lipinski definition) is 1. The van der Waals surface area contributed by atoms with Gasteiger partial charge in [-0.05, 0) is 32.7 Å². The first-order valence-corrected chi connectivity index (χ1v) is 5.99. The summed E-state index contributed by atoms with van der Waals surface area (Å²) in [5, 5.41) is 0. The molecule has 0 amide bonds. The highest BCUT2D eigenvalue weighted by atomic mass is 15.3. The summed E-state index contributed by atoms with van der Waals surface area (Å²) in [6, 6.07) is 1.63. The lowest BCUT2D eigenvalue weighted by Gasteiger charge is -2.38. The van der Waals surface area contributed by atoms with Gasteiger partial charge in [-0.1, -0.05) is 0 Å². The fourth-order valence-electron chi connectivity index (χ4n) is 2.41. The van der Waals surface area contributed by atoms with Gasteiger partial charge in [-0.25, -0.2) is 0 Å². The van der Waals surface area contributed by atoms with Crippen LogP contribution in [0.1, 0.15) is 26.2 Å². The first-order chi connectivity index (χ1) is 6.81. The summed E-state index contributed by atoms with van der Waals surface area (Å²) in [6.45, 7) is 8.18. The third-order valence-electron chi connectivity index (χ3n) is 3.62. The van der Waals surface area contributed by atoms with E-state index in [1.807, 2.05) is 0 Å². The first-order valence-electron chi connectivity index (χ1n) is 5.99. The molecule has 1 saturated heterocycles. The molecule has 2 N–H and O–H groups in total. The molecule has 3 nitrogen and oxygen atoms in total. The van der Waals surface area contributed by atoms with Crippen LogP contribution < -0.4 is 5.73 Å². The quantitative estimate of drug-likeness (QED) is 0.712. The Bertz CT molecular complexity index is 171. The number of nitrogens with zero attached hydrogens (tertiary/aromatic N) is 2. The minimum Gasteiger partial charge on any atom is -0.330 e. The van der Waals surface area contributed by atoms with Crippen molar-refractivity contribution in [1.29, 1.82) is 0 Å². The van der Waals surface area contributed by atoms with E-state index in [1.54, 1.807) is 0 Å². The van der Waals surface area contributed by atoms with Crippen LogP contribution in [0.15, 0.2) is 0 Å². The molecule has 1 aliphatic carbocycles. The maximum atomic E-state index is 5.58. The largest absolute Gasteiger partial charge is 0.330 e. The first kappa shape index (κ1) is 10.4. The van der Waals surface area contributed by atoms with Crippen molar-refractivity contribution in [2.75, 3.05) is 32.7 Å². The minimum absolute atomic E-state index is 0.682. The molecule has 1 unspecified atom stereocenters. The maximum Gasteiger partial charge on any atom is 0.0113 e. The Labute approximate surface area is 87.2 Å². The third kappa shape index (κ3) is 2.47. The number of nitrogens with two attached hydrogens (primary N) is 1. The van der Waals surface area contributed by atoms with Gasteiger partial charge in [-0.2, -0.15) is 0 Å². The highest BCUT2D eigenvalue weighted by molar-refractivity contribution is 4.88. The monoisotopic (exact) mass is 197 g/mol. The average molecular weight is 197 g/mol. The summed E-state index contributed by atoms with van der Waals surface area (Å²) in [7, 11) is 0. The SMILES string of the molecule is CC(CCN)N1CCN(C2CC2)CC1. The molecule has 0 bridgehead atoms. The Hall–Kier alpha value is -0.120. The average Bonchev–Trinajstić information content (AvgIpc) is 3.02. The second-order valence-corrected chi connectivity index (χ2v) is 4.73. The van der Waals surface area contributed by atoms with E-state index >= 15 is 0 Å². The van der Waals surface area contributed by atoms with Gasteiger partial charge in [0.25, 0.3) is 0 Å². The van der Waals surface area contributed by atoms with Gasteiger partial charge in [0.1, 0.15) is 0 Å². The molecule has 0 radical (unpaired) electrons. The van der Waals surface area contributed by atoms with Gasteiger partial charge in [0.2, 0.25) is 0 Å². The van der Waals surface area contributed by atoms with Crippen molar-refractivity contribution < 1.29 is 0 Å². The van der Waals surface area contributed by atoms with Crippen LogP contribution in [0, 0.1) is 0 Å². The molecule has 0 spiro atoms. The van der Waals surface area contributed by atoms with Gasteiger partial charge in [0.15, 0.2) is 0 Å². The third-order valence-corrected chi connectivity index (χ3v) is 3.62. The predicted octanol–water partition coefficient (Wildman–Crippen LogP) is 0.504. The molecule has 2 aliphatic rings. The molecular weight excluding hydrogens is 174 g/mol. The van der Waals surface area contributed by atoms with E-state index in [0.717, 1.165) is 19.0 Å². The fraction of sp³-hybridized carbons (Fsp3) is 1.00. The molecule has 14 heavy (non-hydrogen) atoms. The van der Waals surface area contributed by atoms with Crippen LogP contribution in [0.5, 0.6) is 0 Å². The normalized spacial score (nSPS) is 27.9. The number of hydrogen-bond acceptors (Lipinski definition) is 3. The van der Waals surface area contributed by atoms with Gasteiger partial charge in [0, 0.05) is 38.3 Å². The fourth-order valence-corrected chi connectivity index (χ4v) is 2.41. The Kier molecular flexibility index (Phi) is 3.42. The Morgan fingerprint density at radius 2 is 1.86 bits per heavy atom. The smallest absolute Gasteiger partial charge is 0.0113 e. The second kappa shape index (κ2) is 4.60. The highest BCUT2D eigenvalue weighted by Gasteiger charge is 2.31. The molecule has 1 saturated carbocycles. The lowest BCUT2D eigenvalue weighted by Crippen LogP contribution is -2.50. The van der Waals surface area contributed by atoms with Crippen molar-refractivity contribution in [3.05, 3.63) is 0 Å². The molecule has 0 aromatic rings. The van der Waals surface area contributed by atoms with E-state index in [1.165, 1.54) is 39.0 Å². The zero-order valence-corrected chi connectivity index (χ0v) is 9.28. The van der Waals surface area contributed by atoms with Gasteiger partial charge in [-0.3, -0.25) is 9.80 Å². The van der Waals surface area contributed by atoms with Crippen molar-refractivity contribution in [2.24, 2.45) is 5.73 Å². The van der Waals surface area contributed by atoms with E-state index < -0.39 is 0 Å². The van der Waals surface area contributed by atoms with E-state index in [2.05, 4.69) is 16.7 Å². The van der Waals surface area contributed by atoms with Gasteiger partial charge in [0.05, 0.1) is 0 Å². The van der Waals surface area contributed by atoms with Crippen molar-refractivity contribution in [2.45, 2.75) is 38.3 Å². The van der Waals surface area contributed by atoms with E-state index in [0.29, 0.717) is 6.04 Å². The molecule has 0 aromatic carbocycles.